The molecule has 11 heteroatoms. The quantitative estimate of drug-likeness (QED) is 0.450. The molecule has 0 radical (unpaired) electrons. The molecule has 0 fully saturated rings. The Morgan fingerprint density at radius 2 is 1.82 bits per heavy atom. The number of fused-ring (bicyclic) bond motifs is 1. The molecule has 8 nitrogen and oxygen atoms in total. The van der Waals surface area contributed by atoms with Crippen LogP contribution in [0.5, 0.6) is 11.5 Å². The van der Waals surface area contributed by atoms with Gasteiger partial charge in [-0.1, -0.05) is 12.1 Å². The van der Waals surface area contributed by atoms with Crippen LogP contribution in [0.4, 0.5) is 23.7 Å². The van der Waals surface area contributed by atoms with E-state index in [0.29, 0.717) is 35.0 Å². The Bertz CT molecular complexity index is 1400. The van der Waals surface area contributed by atoms with Crippen LogP contribution in [0.3, 0.4) is 0 Å². The van der Waals surface area contributed by atoms with E-state index < -0.39 is 29.0 Å². The maximum atomic E-state index is 13.0. The van der Waals surface area contributed by atoms with Crippen molar-refractivity contribution >= 4 is 22.8 Å². The fourth-order valence-electron chi connectivity index (χ4n) is 3.15. The minimum atomic E-state index is -4.65. The highest BCUT2D eigenvalue weighted by atomic mass is 19.4. The van der Waals surface area contributed by atoms with Gasteiger partial charge < -0.3 is 19.9 Å². The zero-order valence-electron chi connectivity index (χ0n) is 17.8. The maximum Gasteiger partial charge on any atom is 0.417 e. The van der Waals surface area contributed by atoms with Crippen molar-refractivity contribution in [2.45, 2.75) is 12.7 Å². The maximum absolute atomic E-state index is 13.0. The fraction of sp³-hybridized carbons (Fsp3) is 0.130. The fourth-order valence-corrected chi connectivity index (χ4v) is 3.15. The van der Waals surface area contributed by atoms with E-state index in [1.54, 1.807) is 48.8 Å². The number of halogens is 3. The molecule has 0 aliphatic rings. The first-order valence-electron chi connectivity index (χ1n) is 10.00. The summed E-state index contributed by atoms with van der Waals surface area (Å²) in [4.78, 5) is 32.6. The molecule has 174 valence electrons. The largest absolute Gasteiger partial charge is 0.457 e. The van der Waals surface area contributed by atoms with Crippen LogP contribution in [0.2, 0.25) is 0 Å². The number of anilines is 1. The number of aryl methyl sites for hydroxylation is 1. The summed E-state index contributed by atoms with van der Waals surface area (Å²) in [7, 11) is 1.18. The highest BCUT2D eigenvalue weighted by Crippen LogP contribution is 2.30. The van der Waals surface area contributed by atoms with E-state index in [2.05, 4.69) is 20.6 Å². The van der Waals surface area contributed by atoms with Crippen molar-refractivity contribution in [1.82, 2.24) is 19.9 Å². The number of nitrogens with zero attached hydrogens (tertiary/aromatic N) is 3. The number of aromatic nitrogens is 3. The zero-order valence-corrected chi connectivity index (χ0v) is 17.8. The third kappa shape index (κ3) is 5.14. The van der Waals surface area contributed by atoms with Crippen LogP contribution >= 0.6 is 0 Å². The topological polar surface area (TPSA) is 98.1 Å². The second kappa shape index (κ2) is 9.22. The molecular formula is C23H18F3N5O3. The van der Waals surface area contributed by atoms with Crippen molar-refractivity contribution in [3.05, 3.63) is 88.6 Å². The zero-order chi connectivity index (χ0) is 24.3. The molecule has 0 saturated carbocycles. The lowest BCUT2D eigenvalue weighted by molar-refractivity contribution is -0.138. The monoisotopic (exact) mass is 469 g/mol. The second-order valence-electron chi connectivity index (χ2n) is 7.29. The van der Waals surface area contributed by atoms with Crippen LogP contribution in [-0.4, -0.2) is 20.6 Å². The summed E-state index contributed by atoms with van der Waals surface area (Å²) in [5, 5.41) is 5.44. The SMILES string of the molecule is Cn1cc(C(F)(F)F)cc(NC(=O)NCc2ccc(Oc3ccnc4ncccc34)cc2)c1=O. The number of hydrogen-bond acceptors (Lipinski definition) is 5. The van der Waals surface area contributed by atoms with Crippen molar-refractivity contribution in [1.29, 1.82) is 0 Å². The lowest BCUT2D eigenvalue weighted by Gasteiger charge is -2.12. The van der Waals surface area contributed by atoms with Gasteiger partial charge in [0.05, 0.1) is 10.9 Å². The molecule has 0 bridgehead atoms. The summed E-state index contributed by atoms with van der Waals surface area (Å²) < 4.78 is 45.6. The van der Waals surface area contributed by atoms with E-state index in [9.17, 15) is 22.8 Å². The van der Waals surface area contributed by atoms with Crippen LogP contribution in [0.25, 0.3) is 11.0 Å². The van der Waals surface area contributed by atoms with Gasteiger partial charge in [-0.2, -0.15) is 13.2 Å². The van der Waals surface area contributed by atoms with E-state index in [-0.39, 0.29) is 6.54 Å². The number of nitrogens with one attached hydrogen (secondary N) is 2. The molecule has 0 atom stereocenters. The molecule has 4 rings (SSSR count). The van der Waals surface area contributed by atoms with Gasteiger partial charge in [0.15, 0.2) is 5.65 Å². The van der Waals surface area contributed by atoms with E-state index in [1.807, 2.05) is 6.07 Å². The van der Waals surface area contributed by atoms with Gasteiger partial charge in [0, 0.05) is 32.2 Å². The highest BCUT2D eigenvalue weighted by Gasteiger charge is 2.32. The first kappa shape index (κ1) is 22.8. The summed E-state index contributed by atoms with van der Waals surface area (Å²) in [5.74, 6) is 1.14. The molecule has 1 aromatic carbocycles. The predicted octanol–water partition coefficient (Wildman–Crippen LogP) is 4.46. The molecule has 34 heavy (non-hydrogen) atoms. The summed E-state index contributed by atoms with van der Waals surface area (Å²) in [6, 6.07) is 12.0. The summed E-state index contributed by atoms with van der Waals surface area (Å²) in [5.41, 5.74) is -1.01. The standard InChI is InChI=1S/C23H18F3N5O3/c1-31-13-15(23(24,25)26)11-18(21(31)32)30-22(33)29-12-14-4-6-16(7-5-14)34-19-8-10-28-20-17(19)3-2-9-27-20/h2-11,13H,12H2,1H3,(H2,29,30,33). The number of ether oxygens (including phenoxy) is 1. The molecule has 0 spiro atoms. The van der Waals surface area contributed by atoms with Crippen LogP contribution < -0.4 is 20.9 Å². The van der Waals surface area contributed by atoms with Gasteiger partial charge in [-0.25, -0.2) is 14.8 Å². The third-order valence-electron chi connectivity index (χ3n) is 4.84. The number of carbonyl (C=O) groups excluding carboxylic acids is 1. The first-order valence-corrected chi connectivity index (χ1v) is 10.00. The number of pyridine rings is 3. The van der Waals surface area contributed by atoms with E-state index in [0.717, 1.165) is 9.95 Å². The van der Waals surface area contributed by atoms with Crippen LogP contribution in [0.1, 0.15) is 11.1 Å². The average Bonchev–Trinajstić information content (AvgIpc) is 2.81. The summed E-state index contributed by atoms with van der Waals surface area (Å²) in [6.45, 7) is 0.0769. The molecule has 0 saturated heterocycles. The van der Waals surface area contributed by atoms with Gasteiger partial charge >= 0.3 is 12.2 Å². The first-order chi connectivity index (χ1) is 16.2. The van der Waals surface area contributed by atoms with E-state index in [1.165, 1.54) is 7.05 Å². The third-order valence-corrected chi connectivity index (χ3v) is 4.84. The van der Waals surface area contributed by atoms with E-state index in [4.69, 9.17) is 4.74 Å². The van der Waals surface area contributed by atoms with Crippen LogP contribution in [-0.2, 0) is 19.8 Å². The average molecular weight is 469 g/mol. The van der Waals surface area contributed by atoms with Crippen LogP contribution in [0.15, 0.2) is 71.9 Å². The normalized spacial score (nSPS) is 11.3. The van der Waals surface area contributed by atoms with Crippen molar-refractivity contribution < 1.29 is 22.7 Å². The number of urea groups is 1. The van der Waals surface area contributed by atoms with Gasteiger partial charge in [0.1, 0.15) is 17.2 Å². The lowest BCUT2D eigenvalue weighted by atomic mass is 10.2. The minimum Gasteiger partial charge on any atom is -0.457 e. The number of hydrogen-bond donors (Lipinski definition) is 2. The Kier molecular flexibility index (Phi) is 6.17. The van der Waals surface area contributed by atoms with Crippen molar-refractivity contribution in [3.63, 3.8) is 0 Å². The molecule has 2 amide bonds. The van der Waals surface area contributed by atoms with Crippen LogP contribution in [0, 0.1) is 0 Å². The predicted molar refractivity (Wildman–Crippen MR) is 119 cm³/mol. The Labute approximate surface area is 191 Å². The number of amides is 2. The number of alkyl halides is 3. The van der Waals surface area contributed by atoms with Crippen molar-refractivity contribution in [2.75, 3.05) is 5.32 Å². The Morgan fingerprint density at radius 1 is 1.09 bits per heavy atom. The Balaban J connectivity index is 1.39. The van der Waals surface area contributed by atoms with Gasteiger partial charge in [0.25, 0.3) is 5.56 Å². The summed E-state index contributed by atoms with van der Waals surface area (Å²) >= 11 is 0. The summed E-state index contributed by atoms with van der Waals surface area (Å²) in [6.07, 6.45) is -0.747. The van der Waals surface area contributed by atoms with E-state index >= 15 is 0 Å². The molecule has 3 heterocycles. The lowest BCUT2D eigenvalue weighted by Crippen LogP contribution is -2.32. The minimum absolute atomic E-state index is 0.0769. The van der Waals surface area contributed by atoms with Gasteiger partial charge in [-0.15, -0.1) is 0 Å². The smallest absolute Gasteiger partial charge is 0.417 e. The Hall–Kier alpha value is -4.41. The van der Waals surface area contributed by atoms with Gasteiger partial charge in [-0.05, 0) is 42.0 Å². The number of rotatable bonds is 5. The van der Waals surface area contributed by atoms with Crippen molar-refractivity contribution in [3.8, 4) is 11.5 Å². The van der Waals surface area contributed by atoms with Gasteiger partial charge in [-0.3, -0.25) is 4.79 Å². The molecular weight excluding hydrogens is 451 g/mol. The molecule has 0 unspecified atom stereocenters. The molecule has 2 N–H and O–H groups in total. The Morgan fingerprint density at radius 3 is 2.56 bits per heavy atom. The number of carbonyl (C=O) groups is 1. The number of benzene rings is 1. The molecule has 0 aliphatic carbocycles. The van der Waals surface area contributed by atoms with Gasteiger partial charge in [0.2, 0.25) is 0 Å². The second-order valence-corrected chi connectivity index (χ2v) is 7.29. The van der Waals surface area contributed by atoms with Crippen molar-refractivity contribution in [2.24, 2.45) is 7.05 Å². The molecule has 0 aliphatic heterocycles. The molecule has 4 aromatic rings. The highest BCUT2D eigenvalue weighted by molar-refractivity contribution is 5.89. The molecule has 3 aromatic heterocycles.